The molecule has 0 aliphatic carbocycles. The molecule has 0 spiro atoms. The number of para-hydroxylation sites is 1. The number of nitrogens with zero attached hydrogens (tertiary/aromatic N) is 2. The highest BCUT2D eigenvalue weighted by Crippen LogP contribution is 2.32. The van der Waals surface area contributed by atoms with Crippen LogP contribution in [0.4, 0.5) is 5.69 Å². The number of hydrogen-bond acceptors (Lipinski definition) is 3. The maximum atomic E-state index is 9.33. The Morgan fingerprint density at radius 1 is 1.21 bits per heavy atom. The van der Waals surface area contributed by atoms with Crippen molar-refractivity contribution in [2.24, 2.45) is 0 Å². The molecule has 1 aliphatic heterocycles. The molecule has 0 unspecified atom stereocenters. The maximum Gasteiger partial charge on any atom is 0.101 e. The zero-order valence-electron chi connectivity index (χ0n) is 12.3. The second-order valence-corrected chi connectivity index (χ2v) is 6.59. The second-order valence-electron chi connectivity index (χ2n) is 6.59. The SMILES string of the molecule is CC1(C)CN(c2ccccc2C#N)C(C)(C)CCN1. The van der Waals surface area contributed by atoms with E-state index in [2.05, 4.69) is 50.0 Å². The lowest BCUT2D eigenvalue weighted by atomic mass is 9.95. The number of rotatable bonds is 1. The first-order valence-electron chi connectivity index (χ1n) is 6.88. The summed E-state index contributed by atoms with van der Waals surface area (Å²) in [5.74, 6) is 0. The highest BCUT2D eigenvalue weighted by atomic mass is 15.2. The van der Waals surface area contributed by atoms with E-state index >= 15 is 0 Å². The maximum absolute atomic E-state index is 9.33. The van der Waals surface area contributed by atoms with Crippen LogP contribution in [0, 0.1) is 11.3 Å². The highest BCUT2D eigenvalue weighted by Gasteiger charge is 2.35. The third-order valence-electron chi connectivity index (χ3n) is 3.94. The van der Waals surface area contributed by atoms with Gasteiger partial charge in [0, 0.05) is 17.6 Å². The Hall–Kier alpha value is -1.53. The Morgan fingerprint density at radius 3 is 2.58 bits per heavy atom. The lowest BCUT2D eigenvalue weighted by Gasteiger charge is -2.42. The Labute approximate surface area is 116 Å². The van der Waals surface area contributed by atoms with Crippen molar-refractivity contribution in [3.63, 3.8) is 0 Å². The van der Waals surface area contributed by atoms with Crippen molar-refractivity contribution in [3.05, 3.63) is 29.8 Å². The molecule has 3 heteroatoms. The molecule has 0 bridgehead atoms. The van der Waals surface area contributed by atoms with Gasteiger partial charge < -0.3 is 10.2 Å². The summed E-state index contributed by atoms with van der Waals surface area (Å²) in [5, 5.41) is 12.9. The zero-order valence-corrected chi connectivity index (χ0v) is 12.3. The molecular formula is C16H23N3. The molecule has 0 saturated carbocycles. The van der Waals surface area contributed by atoms with Gasteiger partial charge in [0.1, 0.15) is 6.07 Å². The van der Waals surface area contributed by atoms with Crippen LogP contribution in [-0.2, 0) is 0 Å². The first-order valence-corrected chi connectivity index (χ1v) is 6.88. The van der Waals surface area contributed by atoms with Gasteiger partial charge in [0.15, 0.2) is 0 Å². The third-order valence-corrected chi connectivity index (χ3v) is 3.94. The Balaban J connectivity index is 2.46. The van der Waals surface area contributed by atoms with Crippen LogP contribution in [0.25, 0.3) is 0 Å². The van der Waals surface area contributed by atoms with Crippen LogP contribution in [0.3, 0.4) is 0 Å². The largest absolute Gasteiger partial charge is 0.363 e. The molecule has 0 aromatic heterocycles. The van der Waals surface area contributed by atoms with Gasteiger partial charge in [-0.2, -0.15) is 5.26 Å². The molecular weight excluding hydrogens is 234 g/mol. The number of nitrogens with one attached hydrogen (secondary N) is 1. The van der Waals surface area contributed by atoms with Crippen molar-refractivity contribution >= 4 is 5.69 Å². The minimum atomic E-state index is 0.0493. The van der Waals surface area contributed by atoms with E-state index in [4.69, 9.17) is 0 Å². The highest BCUT2D eigenvalue weighted by molar-refractivity contribution is 5.61. The van der Waals surface area contributed by atoms with E-state index in [-0.39, 0.29) is 11.1 Å². The molecule has 1 N–H and O–H groups in total. The van der Waals surface area contributed by atoms with E-state index in [1.54, 1.807) is 0 Å². The fraction of sp³-hybridized carbons (Fsp3) is 0.562. The Bertz CT molecular complexity index is 497. The molecule has 0 atom stereocenters. The second kappa shape index (κ2) is 4.86. The van der Waals surface area contributed by atoms with Gasteiger partial charge in [0.25, 0.3) is 0 Å². The smallest absolute Gasteiger partial charge is 0.101 e. The summed E-state index contributed by atoms with van der Waals surface area (Å²) in [6.07, 6.45) is 1.07. The van der Waals surface area contributed by atoms with E-state index in [1.807, 2.05) is 18.2 Å². The molecule has 3 nitrogen and oxygen atoms in total. The van der Waals surface area contributed by atoms with Gasteiger partial charge in [-0.25, -0.2) is 0 Å². The third kappa shape index (κ3) is 2.90. The normalized spacial score (nSPS) is 21.5. The lowest BCUT2D eigenvalue weighted by Crippen LogP contribution is -2.51. The van der Waals surface area contributed by atoms with E-state index < -0.39 is 0 Å². The summed E-state index contributed by atoms with van der Waals surface area (Å²) >= 11 is 0. The molecule has 1 aliphatic rings. The summed E-state index contributed by atoms with van der Waals surface area (Å²) in [6, 6.07) is 10.2. The first-order chi connectivity index (χ1) is 8.86. The van der Waals surface area contributed by atoms with Crippen molar-refractivity contribution in [2.45, 2.75) is 45.2 Å². The summed E-state index contributed by atoms with van der Waals surface area (Å²) < 4.78 is 0. The van der Waals surface area contributed by atoms with Gasteiger partial charge >= 0.3 is 0 Å². The van der Waals surface area contributed by atoms with Crippen LogP contribution >= 0.6 is 0 Å². The Morgan fingerprint density at radius 2 is 1.89 bits per heavy atom. The van der Waals surface area contributed by atoms with Crippen molar-refractivity contribution in [1.29, 1.82) is 5.26 Å². The lowest BCUT2D eigenvalue weighted by molar-refractivity contribution is 0.409. The van der Waals surface area contributed by atoms with Gasteiger partial charge in [-0.05, 0) is 52.8 Å². The number of benzene rings is 1. The standard InChI is InChI=1S/C16H23N3/c1-15(2)12-19(16(3,4)9-10-18-15)14-8-6-5-7-13(14)11-17/h5-8,18H,9-10,12H2,1-4H3. The number of hydrogen-bond donors (Lipinski definition) is 1. The molecule has 2 rings (SSSR count). The van der Waals surface area contributed by atoms with Gasteiger partial charge in [-0.1, -0.05) is 12.1 Å². The molecule has 0 amide bonds. The van der Waals surface area contributed by atoms with E-state index in [1.165, 1.54) is 0 Å². The van der Waals surface area contributed by atoms with Gasteiger partial charge in [-0.15, -0.1) is 0 Å². The number of nitriles is 1. The molecule has 19 heavy (non-hydrogen) atoms. The van der Waals surface area contributed by atoms with Crippen LogP contribution in [-0.4, -0.2) is 24.2 Å². The van der Waals surface area contributed by atoms with Gasteiger partial charge in [0.2, 0.25) is 0 Å². The number of anilines is 1. The van der Waals surface area contributed by atoms with Gasteiger partial charge in [0.05, 0.1) is 11.3 Å². The minimum absolute atomic E-state index is 0.0493. The van der Waals surface area contributed by atoms with Crippen molar-refractivity contribution in [1.82, 2.24) is 5.32 Å². The summed E-state index contributed by atoms with van der Waals surface area (Å²) in [5.41, 5.74) is 1.91. The van der Waals surface area contributed by atoms with Crippen LogP contribution in [0.5, 0.6) is 0 Å². The predicted molar refractivity (Wildman–Crippen MR) is 79.3 cm³/mol. The van der Waals surface area contributed by atoms with Gasteiger partial charge in [-0.3, -0.25) is 0 Å². The molecule has 102 valence electrons. The monoisotopic (exact) mass is 257 g/mol. The first kappa shape index (κ1) is 13.9. The van der Waals surface area contributed by atoms with E-state index in [0.717, 1.165) is 30.8 Å². The van der Waals surface area contributed by atoms with Crippen LogP contribution < -0.4 is 10.2 Å². The quantitative estimate of drug-likeness (QED) is 0.840. The molecule has 0 radical (unpaired) electrons. The van der Waals surface area contributed by atoms with Crippen LogP contribution in [0.1, 0.15) is 39.7 Å². The molecule has 1 aromatic carbocycles. The molecule has 1 aromatic rings. The summed E-state index contributed by atoms with van der Waals surface area (Å²) in [7, 11) is 0. The van der Waals surface area contributed by atoms with Crippen molar-refractivity contribution in [2.75, 3.05) is 18.0 Å². The molecule has 1 fully saturated rings. The molecule has 1 heterocycles. The van der Waals surface area contributed by atoms with Crippen LogP contribution in [0.15, 0.2) is 24.3 Å². The van der Waals surface area contributed by atoms with Crippen molar-refractivity contribution in [3.8, 4) is 6.07 Å². The predicted octanol–water partition coefficient (Wildman–Crippen LogP) is 2.92. The average molecular weight is 257 g/mol. The topological polar surface area (TPSA) is 39.1 Å². The minimum Gasteiger partial charge on any atom is -0.363 e. The van der Waals surface area contributed by atoms with Crippen molar-refractivity contribution < 1.29 is 0 Å². The van der Waals surface area contributed by atoms with Crippen LogP contribution in [0.2, 0.25) is 0 Å². The Kier molecular flexibility index (Phi) is 3.56. The van der Waals surface area contributed by atoms with E-state index in [9.17, 15) is 5.26 Å². The fourth-order valence-electron chi connectivity index (χ4n) is 2.72. The molecule has 1 saturated heterocycles. The zero-order chi connectivity index (χ0) is 14.1. The average Bonchev–Trinajstić information content (AvgIpc) is 2.45. The van der Waals surface area contributed by atoms with E-state index in [0.29, 0.717) is 0 Å². The summed E-state index contributed by atoms with van der Waals surface area (Å²) in [6.45, 7) is 10.9. The fourth-order valence-corrected chi connectivity index (χ4v) is 2.72. The summed E-state index contributed by atoms with van der Waals surface area (Å²) in [4.78, 5) is 2.38.